The number of rotatable bonds is 9. The minimum atomic E-state index is 0.580. The molecule has 26 aromatic rings. The first-order chi connectivity index (χ1) is 67.4. The van der Waals surface area contributed by atoms with Crippen LogP contribution in [0.15, 0.2) is 453 Å². The lowest BCUT2D eigenvalue weighted by Gasteiger charge is -2.33. The van der Waals surface area contributed by atoms with Crippen LogP contribution in [0.2, 0.25) is 0 Å². The smallest absolute Gasteiger partial charge is 0.235 e. The predicted octanol–water partition coefficient (Wildman–Crippen LogP) is 32.2. The molecule has 136 heavy (non-hydrogen) atoms. The normalized spacial score (nSPS) is 12.2. The Morgan fingerprint density at radius 2 is 0.551 bits per heavy atom. The number of benzene rings is 19. The molecule has 3 aliphatic rings. The van der Waals surface area contributed by atoms with Gasteiger partial charge in [-0.25, -0.2) is 39.9 Å². The van der Waals surface area contributed by atoms with Gasteiger partial charge in [-0.2, -0.15) is 0 Å². The third-order valence-electron chi connectivity index (χ3n) is 26.8. The van der Waals surface area contributed by atoms with E-state index in [-0.39, 0.29) is 0 Å². The van der Waals surface area contributed by atoms with Crippen LogP contribution in [0.1, 0.15) is 0 Å². The Balaban J connectivity index is 0.000000106. The molecule has 0 N–H and O–H groups in total. The molecule has 19 aromatic carbocycles. The van der Waals surface area contributed by atoms with E-state index in [1.165, 1.54) is 27.5 Å². The van der Waals surface area contributed by atoms with Crippen molar-refractivity contribution >= 4 is 172 Å². The van der Waals surface area contributed by atoms with Crippen LogP contribution in [0.3, 0.4) is 0 Å². The molecule has 10 heterocycles. The van der Waals surface area contributed by atoms with E-state index < -0.39 is 0 Å². The van der Waals surface area contributed by atoms with Gasteiger partial charge in [0.1, 0.15) is 16.9 Å². The third-order valence-corrected chi connectivity index (χ3v) is 26.8. The van der Waals surface area contributed by atoms with Crippen molar-refractivity contribution in [2.45, 2.75) is 0 Å². The van der Waals surface area contributed by atoms with Crippen LogP contribution in [0.5, 0.6) is 0 Å². The van der Waals surface area contributed by atoms with Crippen molar-refractivity contribution in [3.63, 3.8) is 0 Å². The van der Waals surface area contributed by atoms with Crippen LogP contribution in [-0.4, -0.2) is 44.9 Å². The van der Waals surface area contributed by atoms with Crippen molar-refractivity contribution in [3.05, 3.63) is 449 Å². The van der Waals surface area contributed by atoms with Gasteiger partial charge in [-0.1, -0.05) is 322 Å². The van der Waals surface area contributed by atoms with Crippen molar-refractivity contribution in [2.24, 2.45) is 0 Å². The predicted molar refractivity (Wildman–Crippen MR) is 558 cm³/mol. The number of nitrogens with zero attached hydrogens (tertiary/aromatic N) is 12. The quantitative estimate of drug-likeness (QED) is 0.127. The molecule has 0 unspecified atom stereocenters. The molecule has 0 saturated carbocycles. The summed E-state index contributed by atoms with van der Waals surface area (Å²) in [5.74, 6) is 2.17. The van der Waals surface area contributed by atoms with Crippen molar-refractivity contribution < 1.29 is 4.42 Å². The molecule has 0 radical (unpaired) electrons. The number of hydrogen-bond donors (Lipinski definition) is 0. The number of pyridine rings is 3. The van der Waals surface area contributed by atoms with E-state index in [2.05, 4.69) is 373 Å². The van der Waals surface area contributed by atoms with Gasteiger partial charge in [-0.05, 0) is 182 Å². The molecule has 7 aromatic heterocycles. The fourth-order valence-corrected chi connectivity index (χ4v) is 20.5. The van der Waals surface area contributed by atoms with Gasteiger partial charge in [0.05, 0.1) is 107 Å². The Kier molecular flexibility index (Phi) is 18.0. The van der Waals surface area contributed by atoms with Crippen molar-refractivity contribution in [2.75, 3.05) is 14.7 Å². The molecule has 13 heteroatoms. The zero-order chi connectivity index (χ0) is 89.4. The molecule has 0 atom stereocenters. The Hall–Kier alpha value is -18.6. The second kappa shape index (κ2) is 31.6. The lowest BCUT2D eigenvalue weighted by Crippen LogP contribution is -2.18. The standard InChI is InChI=1S/C51H30N4O.C39H24N4.C33H20N4/c1-3-13-31(14-4-1)33-25-27-43-40(29-33)36-19-12-23-45-47(36)49(52-43)41-30-34(32-15-5-2-6-16-32)26-28-44(41)55(45)51-53-42-22-9-7-18-38(42)48(54-51)39-21-11-20-37-35-17-8-10-24-46(35)56-50(37)39;1-3-12-25(13-4-1)27-22-23-34-30(24-27)38-36-29(28-16-7-8-18-31(28)40-38)17-11-21-35(36)43(34)39-37(26-14-5-2-6-15-26)41-32-19-9-10-20-33(32)42-39;1-2-9-21(10-3-1)22-17-18-29-25(19-22)33-32-24(23-11-4-5-13-26(23)36-33)12-8-16-30(32)37(29)31-20-34-27-14-6-7-15-28(27)35-31/h1-30H;1-24H;1-20H. The van der Waals surface area contributed by atoms with E-state index in [1.54, 1.807) is 0 Å². The highest BCUT2D eigenvalue weighted by molar-refractivity contribution is 6.25. The average Bonchev–Trinajstić information content (AvgIpc) is 0.938. The van der Waals surface area contributed by atoms with E-state index in [1.807, 2.05) is 91.1 Å². The highest BCUT2D eigenvalue weighted by Crippen LogP contribution is 2.58. The average molecular weight is 1740 g/mol. The van der Waals surface area contributed by atoms with Crippen molar-refractivity contribution in [1.29, 1.82) is 0 Å². The molecule has 13 nitrogen and oxygen atoms in total. The molecule has 632 valence electrons. The van der Waals surface area contributed by atoms with Gasteiger partial charge in [0.2, 0.25) is 5.95 Å². The van der Waals surface area contributed by atoms with Crippen LogP contribution >= 0.6 is 0 Å². The van der Waals surface area contributed by atoms with Crippen molar-refractivity contribution in [1.82, 2.24) is 44.9 Å². The first-order valence-electron chi connectivity index (χ1n) is 45.7. The molecule has 29 rings (SSSR count). The maximum absolute atomic E-state index is 6.58. The van der Waals surface area contributed by atoms with Gasteiger partial charge in [0, 0.05) is 76.3 Å². The van der Waals surface area contributed by atoms with E-state index in [9.17, 15) is 0 Å². The molecule has 0 fully saturated rings. The Morgan fingerprint density at radius 1 is 0.184 bits per heavy atom. The fraction of sp³-hybridized carbons (Fsp3) is 0. The van der Waals surface area contributed by atoms with Crippen LogP contribution in [0, 0.1) is 0 Å². The van der Waals surface area contributed by atoms with Gasteiger partial charge >= 0.3 is 0 Å². The summed E-state index contributed by atoms with van der Waals surface area (Å²) in [5, 5.41) is 13.3. The summed E-state index contributed by atoms with van der Waals surface area (Å²) in [5.41, 5.74) is 34.1. The number of hydrogen-bond acceptors (Lipinski definition) is 13. The summed E-state index contributed by atoms with van der Waals surface area (Å²) in [4.78, 5) is 53.9. The monoisotopic (exact) mass is 1730 g/mol. The molecule has 0 spiro atoms. The zero-order valence-corrected chi connectivity index (χ0v) is 73.0. The summed E-state index contributed by atoms with van der Waals surface area (Å²) < 4.78 is 6.58. The lowest BCUT2D eigenvalue weighted by atomic mass is 9.90. The van der Waals surface area contributed by atoms with Gasteiger partial charge in [-0.15, -0.1) is 0 Å². The number of aromatic nitrogens is 9. The Labute approximate surface area is 780 Å². The second-order valence-electron chi connectivity index (χ2n) is 34.5. The zero-order valence-electron chi connectivity index (χ0n) is 73.0. The minimum Gasteiger partial charge on any atom is -0.455 e. The van der Waals surface area contributed by atoms with Crippen LogP contribution in [0.4, 0.5) is 51.7 Å². The number of para-hydroxylation sites is 9. The SMILES string of the molecule is c1ccc(-c2ccc3c(c2)-c2nc4ccc(-c5ccccc5)cc4c4cccc(c24)N3c2nc(-c3cccc4c3oc3ccccc34)c3ccccc3n2)cc1.c1ccc(-c2ccc3c(c2)-c2nc4ccccc4c4cccc(c24)N3c2cnc3ccccc3n2)cc1.c1ccc(-c2ccc3c(c2)-c2nc4ccccc4c4cccc(c24)N3c2nc3ccccc3nc2-c2ccccc2)cc1. The molecule has 3 aliphatic heterocycles. The third kappa shape index (κ3) is 12.7. The van der Waals surface area contributed by atoms with Crippen molar-refractivity contribution in [3.8, 4) is 101 Å². The number of anilines is 9. The molecular weight excluding hydrogens is 1660 g/mol. The lowest BCUT2D eigenvalue weighted by molar-refractivity contribution is 0.670. The van der Waals surface area contributed by atoms with E-state index in [0.717, 1.165) is 239 Å². The largest absolute Gasteiger partial charge is 0.455 e. The van der Waals surface area contributed by atoms with Crippen LogP contribution in [0.25, 0.3) is 221 Å². The van der Waals surface area contributed by atoms with Crippen LogP contribution in [-0.2, 0) is 0 Å². The summed E-state index contributed by atoms with van der Waals surface area (Å²) in [7, 11) is 0. The molecule has 0 amide bonds. The summed E-state index contributed by atoms with van der Waals surface area (Å²) in [6.45, 7) is 0. The second-order valence-corrected chi connectivity index (χ2v) is 34.5. The topological polar surface area (TPSA) is 139 Å². The van der Waals surface area contributed by atoms with E-state index in [0.29, 0.717) is 5.95 Å². The van der Waals surface area contributed by atoms with Gasteiger partial charge in [-0.3, -0.25) is 19.7 Å². The Morgan fingerprint density at radius 3 is 1.09 bits per heavy atom. The maximum atomic E-state index is 6.58. The highest BCUT2D eigenvalue weighted by Gasteiger charge is 2.36. The fourth-order valence-electron chi connectivity index (χ4n) is 20.5. The summed E-state index contributed by atoms with van der Waals surface area (Å²) >= 11 is 0. The first kappa shape index (κ1) is 77.4. The highest BCUT2D eigenvalue weighted by atomic mass is 16.3. The van der Waals surface area contributed by atoms with Gasteiger partial charge in [0.25, 0.3) is 0 Å². The van der Waals surface area contributed by atoms with Gasteiger partial charge in [0.15, 0.2) is 11.6 Å². The molecule has 0 aliphatic carbocycles. The first-order valence-corrected chi connectivity index (χ1v) is 45.7. The minimum absolute atomic E-state index is 0.580. The van der Waals surface area contributed by atoms with Crippen LogP contribution < -0.4 is 14.7 Å². The molecule has 0 bridgehead atoms. The summed E-state index contributed by atoms with van der Waals surface area (Å²) in [6.07, 6.45) is 1.87. The number of furan rings is 1. The molecule has 0 saturated heterocycles. The van der Waals surface area contributed by atoms with E-state index >= 15 is 0 Å². The summed E-state index contributed by atoms with van der Waals surface area (Å²) in [6, 6.07) is 154. The Bertz CT molecular complexity index is 9410. The molecular formula is C123H74N12O. The maximum Gasteiger partial charge on any atom is 0.235 e. The number of fused-ring (bicyclic) bond motifs is 18. The van der Waals surface area contributed by atoms with Gasteiger partial charge < -0.3 is 4.42 Å². The van der Waals surface area contributed by atoms with E-state index in [4.69, 9.17) is 49.3 Å².